The van der Waals surface area contributed by atoms with Crippen LogP contribution in [0.4, 0.5) is 0 Å². The summed E-state index contributed by atoms with van der Waals surface area (Å²) in [6.07, 6.45) is 0. The Morgan fingerprint density at radius 1 is 1.07 bits per heavy atom. The van der Waals surface area contributed by atoms with Crippen LogP contribution in [0.5, 0.6) is 5.75 Å². The number of rotatable bonds is 5. The molecule has 3 rings (SSSR count). The van der Waals surface area contributed by atoms with Crippen LogP contribution in [0.15, 0.2) is 41.3 Å². The van der Waals surface area contributed by atoms with Crippen LogP contribution in [0, 0.1) is 0 Å². The highest BCUT2D eigenvalue weighted by Gasteiger charge is 2.22. The van der Waals surface area contributed by atoms with Crippen molar-refractivity contribution in [1.82, 2.24) is 14.3 Å². The Balaban J connectivity index is 1.85. The molecule has 0 fully saturated rings. The summed E-state index contributed by atoms with van der Waals surface area (Å²) in [5, 5.41) is 1.22. The topological polar surface area (TPSA) is 56.1 Å². The fourth-order valence-corrected chi connectivity index (χ4v) is 4.25. The summed E-state index contributed by atoms with van der Waals surface area (Å²) < 4.78 is 9.14. The quantitative estimate of drug-likeness (QED) is 0.404. The van der Waals surface area contributed by atoms with Gasteiger partial charge in [0.25, 0.3) is 5.91 Å². The summed E-state index contributed by atoms with van der Waals surface area (Å²) in [4.78, 5) is 17.2. The molecule has 0 unspecified atom stereocenters. The summed E-state index contributed by atoms with van der Waals surface area (Å²) >= 11 is 31.7. The number of hydrogen-bond acceptors (Lipinski definition) is 4. The molecular weight excluding hydrogens is 488 g/mol. The van der Waals surface area contributed by atoms with Crippen molar-refractivity contribution in [3.8, 4) is 11.4 Å². The lowest BCUT2D eigenvalue weighted by Crippen LogP contribution is -2.16. The monoisotopic (exact) mass is 495 g/mol. The van der Waals surface area contributed by atoms with Crippen molar-refractivity contribution < 1.29 is 9.53 Å². The molecule has 0 aliphatic carbocycles. The molecular formula is C17H10Cl5N3O2S. The first-order valence-electron chi connectivity index (χ1n) is 7.51. The molecule has 1 aromatic heterocycles. The zero-order chi connectivity index (χ0) is 20.4. The molecule has 0 radical (unpaired) electrons. The number of carbonyl (C=O) groups is 1. The number of nitrogens with one attached hydrogen (secondary N) is 1. The van der Waals surface area contributed by atoms with Crippen molar-refractivity contribution in [1.29, 1.82) is 0 Å². The van der Waals surface area contributed by atoms with Crippen molar-refractivity contribution >= 4 is 75.9 Å². The average Bonchev–Trinajstić information content (AvgIpc) is 2.94. The standard InChI is InChI=1S/C17H10Cl5N3O2S/c1-27-11-2-3-12(20)13(7-11)28-24-16(26)14-15(21)25(17(22)23-14)10-5-8(18)4-9(19)6-10/h2-7H,1H3,(H,24,26). The fourth-order valence-electron chi connectivity index (χ4n) is 2.25. The van der Waals surface area contributed by atoms with Gasteiger partial charge in [-0.25, -0.2) is 4.98 Å². The van der Waals surface area contributed by atoms with Gasteiger partial charge in [0.05, 0.1) is 22.7 Å². The molecule has 146 valence electrons. The lowest BCUT2D eigenvalue weighted by molar-refractivity contribution is 0.0980. The summed E-state index contributed by atoms with van der Waals surface area (Å²) in [6, 6.07) is 9.82. The van der Waals surface area contributed by atoms with E-state index in [1.807, 2.05) is 0 Å². The Hall–Kier alpha value is -1.28. The number of amides is 1. The van der Waals surface area contributed by atoms with E-state index in [9.17, 15) is 4.79 Å². The molecule has 2 aromatic carbocycles. The van der Waals surface area contributed by atoms with E-state index in [1.54, 1.807) is 36.4 Å². The maximum absolute atomic E-state index is 12.6. The molecule has 5 nitrogen and oxygen atoms in total. The molecule has 0 aliphatic heterocycles. The average molecular weight is 498 g/mol. The first-order chi connectivity index (χ1) is 13.3. The van der Waals surface area contributed by atoms with Crippen LogP contribution in [-0.4, -0.2) is 22.6 Å². The van der Waals surface area contributed by atoms with E-state index in [0.29, 0.717) is 31.4 Å². The third-order valence-corrected chi connectivity index (χ3v) is 5.82. The first kappa shape index (κ1) is 21.4. The van der Waals surface area contributed by atoms with Gasteiger partial charge in [-0.15, -0.1) is 0 Å². The van der Waals surface area contributed by atoms with Gasteiger partial charge in [0.1, 0.15) is 10.9 Å². The predicted molar refractivity (Wildman–Crippen MR) is 115 cm³/mol. The molecule has 0 spiro atoms. The summed E-state index contributed by atoms with van der Waals surface area (Å²) in [5.41, 5.74) is 0.414. The van der Waals surface area contributed by atoms with Crippen molar-refractivity contribution in [3.63, 3.8) is 0 Å². The van der Waals surface area contributed by atoms with Crippen LogP contribution in [-0.2, 0) is 0 Å². The Bertz CT molecular complexity index is 1040. The largest absolute Gasteiger partial charge is 0.497 e. The number of aromatic nitrogens is 2. The fraction of sp³-hybridized carbons (Fsp3) is 0.0588. The van der Waals surface area contributed by atoms with Crippen molar-refractivity contribution in [2.75, 3.05) is 7.11 Å². The molecule has 11 heteroatoms. The Morgan fingerprint density at radius 2 is 1.75 bits per heavy atom. The molecule has 0 saturated carbocycles. The van der Waals surface area contributed by atoms with Crippen LogP contribution in [0.25, 0.3) is 5.69 Å². The highest BCUT2D eigenvalue weighted by Crippen LogP contribution is 2.32. The maximum Gasteiger partial charge on any atom is 0.283 e. The normalized spacial score (nSPS) is 10.8. The van der Waals surface area contributed by atoms with Crippen LogP contribution in [0.2, 0.25) is 25.5 Å². The van der Waals surface area contributed by atoms with Gasteiger partial charge in [-0.3, -0.25) is 14.1 Å². The van der Waals surface area contributed by atoms with Gasteiger partial charge in [0.15, 0.2) is 5.69 Å². The number of ether oxygens (including phenoxy) is 1. The number of nitrogens with zero attached hydrogens (tertiary/aromatic N) is 2. The number of methoxy groups -OCH3 is 1. The molecule has 28 heavy (non-hydrogen) atoms. The van der Waals surface area contributed by atoms with Crippen LogP contribution in [0.3, 0.4) is 0 Å². The Kier molecular flexibility index (Phi) is 6.91. The van der Waals surface area contributed by atoms with Crippen LogP contribution in [0.1, 0.15) is 10.5 Å². The third-order valence-electron chi connectivity index (χ3n) is 3.49. The van der Waals surface area contributed by atoms with Crippen molar-refractivity contribution in [2.24, 2.45) is 0 Å². The second kappa shape index (κ2) is 9.03. The molecule has 0 saturated heterocycles. The van der Waals surface area contributed by atoms with Gasteiger partial charge in [-0.2, -0.15) is 0 Å². The van der Waals surface area contributed by atoms with E-state index in [0.717, 1.165) is 11.9 Å². The van der Waals surface area contributed by atoms with Gasteiger partial charge < -0.3 is 4.74 Å². The van der Waals surface area contributed by atoms with Crippen LogP contribution < -0.4 is 9.46 Å². The van der Waals surface area contributed by atoms with Gasteiger partial charge >= 0.3 is 0 Å². The minimum Gasteiger partial charge on any atom is -0.497 e. The zero-order valence-corrected chi connectivity index (χ0v) is 18.6. The van der Waals surface area contributed by atoms with E-state index < -0.39 is 5.91 Å². The number of benzene rings is 2. The summed E-state index contributed by atoms with van der Waals surface area (Å²) in [7, 11) is 1.53. The SMILES string of the molecule is COc1ccc(Cl)c(SNC(=O)c2nc(Cl)n(-c3cc(Cl)cc(Cl)c3)c2Cl)c1. The van der Waals surface area contributed by atoms with E-state index in [-0.39, 0.29) is 16.1 Å². The molecule has 1 heterocycles. The smallest absolute Gasteiger partial charge is 0.283 e. The second-order valence-electron chi connectivity index (χ2n) is 5.31. The number of halogens is 5. The highest BCUT2D eigenvalue weighted by atomic mass is 35.5. The third kappa shape index (κ3) is 4.64. The van der Waals surface area contributed by atoms with E-state index in [1.165, 1.54) is 11.7 Å². The van der Waals surface area contributed by atoms with E-state index in [4.69, 9.17) is 62.7 Å². The molecule has 1 N–H and O–H groups in total. The first-order valence-corrected chi connectivity index (χ1v) is 10.2. The van der Waals surface area contributed by atoms with Crippen molar-refractivity contribution in [3.05, 3.63) is 67.6 Å². The van der Waals surface area contributed by atoms with Gasteiger partial charge in [0, 0.05) is 10.0 Å². The number of carbonyl (C=O) groups excluding carboxylic acids is 1. The Morgan fingerprint density at radius 3 is 2.39 bits per heavy atom. The van der Waals surface area contributed by atoms with E-state index >= 15 is 0 Å². The number of hydrogen-bond donors (Lipinski definition) is 1. The van der Waals surface area contributed by atoms with Gasteiger partial charge in [-0.1, -0.05) is 46.4 Å². The molecule has 1 amide bonds. The summed E-state index contributed by atoms with van der Waals surface area (Å²) in [6.45, 7) is 0. The maximum atomic E-state index is 12.6. The van der Waals surface area contributed by atoms with Gasteiger partial charge in [-0.05, 0) is 59.9 Å². The number of imidazole rings is 1. The minimum absolute atomic E-state index is 0.0122. The zero-order valence-electron chi connectivity index (χ0n) is 14.0. The van der Waals surface area contributed by atoms with Crippen molar-refractivity contribution in [2.45, 2.75) is 4.90 Å². The lowest BCUT2D eigenvalue weighted by Gasteiger charge is -2.08. The van der Waals surface area contributed by atoms with E-state index in [2.05, 4.69) is 9.71 Å². The minimum atomic E-state index is -0.553. The predicted octanol–water partition coefficient (Wildman–Crippen LogP) is 6.59. The molecule has 3 aromatic rings. The van der Waals surface area contributed by atoms with Gasteiger partial charge in [0.2, 0.25) is 5.28 Å². The van der Waals surface area contributed by atoms with Crippen LogP contribution >= 0.6 is 70.0 Å². The highest BCUT2D eigenvalue weighted by molar-refractivity contribution is 7.98. The molecule has 0 aliphatic rings. The molecule has 0 bridgehead atoms. The Labute approximate surface area is 190 Å². The molecule has 0 atom stereocenters. The summed E-state index contributed by atoms with van der Waals surface area (Å²) in [5.74, 6) is 0.0481. The second-order valence-corrected chi connectivity index (χ2v) is 8.14. The lowest BCUT2D eigenvalue weighted by atomic mass is 10.3.